The first kappa shape index (κ1) is 17.4. The van der Waals surface area contributed by atoms with Gasteiger partial charge in [-0.05, 0) is 49.7 Å². The van der Waals surface area contributed by atoms with Crippen molar-refractivity contribution in [3.63, 3.8) is 0 Å². The maximum absolute atomic E-state index is 12.3. The van der Waals surface area contributed by atoms with Crippen LogP contribution in [0.1, 0.15) is 12.2 Å². The molecule has 1 aromatic heterocycles. The van der Waals surface area contributed by atoms with Gasteiger partial charge >= 0.3 is 0 Å². The Bertz CT molecular complexity index is 963. The van der Waals surface area contributed by atoms with Gasteiger partial charge in [0.1, 0.15) is 11.6 Å². The van der Waals surface area contributed by atoms with Gasteiger partial charge in [-0.15, -0.1) is 0 Å². The third-order valence-corrected chi connectivity index (χ3v) is 5.54. The van der Waals surface area contributed by atoms with Crippen LogP contribution in [0.15, 0.2) is 53.4 Å². The van der Waals surface area contributed by atoms with Crippen LogP contribution < -0.4 is 9.46 Å². The monoisotopic (exact) mass is 359 g/mol. The number of hydrogen-bond acceptors (Lipinski definition) is 4. The van der Waals surface area contributed by atoms with Crippen LogP contribution in [-0.4, -0.2) is 31.6 Å². The van der Waals surface area contributed by atoms with Crippen LogP contribution in [0, 0.1) is 6.92 Å². The van der Waals surface area contributed by atoms with E-state index >= 15 is 0 Å². The molecule has 0 saturated carbocycles. The smallest absolute Gasteiger partial charge is 0.240 e. The van der Waals surface area contributed by atoms with E-state index < -0.39 is 10.0 Å². The van der Waals surface area contributed by atoms with Crippen molar-refractivity contribution in [1.29, 1.82) is 0 Å². The third kappa shape index (κ3) is 3.83. The van der Waals surface area contributed by atoms with Crippen LogP contribution in [0.25, 0.3) is 11.0 Å². The molecule has 0 atom stereocenters. The zero-order chi connectivity index (χ0) is 17.9. The first-order valence-corrected chi connectivity index (χ1v) is 9.55. The van der Waals surface area contributed by atoms with Crippen molar-refractivity contribution in [2.75, 3.05) is 13.7 Å². The minimum absolute atomic E-state index is 0.234. The molecule has 6 nitrogen and oxygen atoms in total. The Morgan fingerprint density at radius 3 is 2.56 bits per heavy atom. The fourth-order valence-corrected chi connectivity index (χ4v) is 3.83. The fourth-order valence-electron chi connectivity index (χ4n) is 2.76. The number of sulfonamides is 1. The molecular formula is C18H21N3O3S. The van der Waals surface area contributed by atoms with Gasteiger partial charge in [0.05, 0.1) is 23.0 Å². The molecule has 3 rings (SSSR count). The van der Waals surface area contributed by atoms with Crippen molar-refractivity contribution in [3.8, 4) is 5.75 Å². The van der Waals surface area contributed by atoms with E-state index in [4.69, 9.17) is 4.74 Å². The number of rotatable bonds is 7. The molecule has 0 spiro atoms. The first-order chi connectivity index (χ1) is 12.0. The van der Waals surface area contributed by atoms with E-state index in [1.54, 1.807) is 19.2 Å². The second-order valence-corrected chi connectivity index (χ2v) is 7.49. The molecule has 0 aliphatic carbocycles. The van der Waals surface area contributed by atoms with Gasteiger partial charge in [0, 0.05) is 13.1 Å². The second-order valence-electron chi connectivity index (χ2n) is 5.73. The van der Waals surface area contributed by atoms with Crippen molar-refractivity contribution in [2.24, 2.45) is 0 Å². The molecule has 3 aromatic rings. The molecule has 0 aliphatic rings. The molecule has 0 aliphatic heterocycles. The predicted molar refractivity (Wildman–Crippen MR) is 97.3 cm³/mol. The Morgan fingerprint density at radius 1 is 1.12 bits per heavy atom. The number of benzene rings is 2. The molecule has 1 heterocycles. The highest BCUT2D eigenvalue weighted by Crippen LogP contribution is 2.17. The van der Waals surface area contributed by atoms with E-state index in [1.165, 1.54) is 12.1 Å². The Labute approximate surface area is 147 Å². The van der Waals surface area contributed by atoms with Crippen LogP contribution in [0.2, 0.25) is 0 Å². The van der Waals surface area contributed by atoms with Crippen LogP contribution >= 0.6 is 0 Å². The topological polar surface area (TPSA) is 73.2 Å². The summed E-state index contributed by atoms with van der Waals surface area (Å²) in [6.45, 7) is 3.03. The van der Waals surface area contributed by atoms with Crippen molar-refractivity contribution >= 4 is 21.1 Å². The average molecular weight is 359 g/mol. The van der Waals surface area contributed by atoms with E-state index in [-0.39, 0.29) is 4.90 Å². The molecule has 1 N–H and O–H groups in total. The minimum atomic E-state index is -3.51. The van der Waals surface area contributed by atoms with Gasteiger partial charge in [0.25, 0.3) is 0 Å². The number of nitrogens with zero attached hydrogens (tertiary/aromatic N) is 2. The van der Waals surface area contributed by atoms with Gasteiger partial charge in [-0.25, -0.2) is 18.1 Å². The number of aryl methyl sites for hydroxylation is 2. The lowest BCUT2D eigenvalue weighted by atomic mass is 10.3. The van der Waals surface area contributed by atoms with Gasteiger partial charge in [-0.3, -0.25) is 0 Å². The van der Waals surface area contributed by atoms with Gasteiger partial charge < -0.3 is 9.30 Å². The number of imidazole rings is 1. The number of aromatic nitrogens is 2. The van der Waals surface area contributed by atoms with Crippen LogP contribution in [0.3, 0.4) is 0 Å². The molecule has 7 heteroatoms. The maximum Gasteiger partial charge on any atom is 0.240 e. The number of nitrogens with one attached hydrogen (secondary N) is 1. The maximum atomic E-state index is 12.3. The summed E-state index contributed by atoms with van der Waals surface area (Å²) in [6, 6.07) is 14.3. The Balaban J connectivity index is 1.61. The largest absolute Gasteiger partial charge is 0.497 e. The van der Waals surface area contributed by atoms with Crippen LogP contribution in [-0.2, 0) is 16.6 Å². The molecule has 0 saturated heterocycles. The summed E-state index contributed by atoms with van der Waals surface area (Å²) in [6.07, 6.45) is 0.677. The number of ether oxygens (including phenoxy) is 1. The summed E-state index contributed by atoms with van der Waals surface area (Å²) in [7, 11) is -1.96. The fraction of sp³-hybridized carbons (Fsp3) is 0.278. The SMILES string of the molecule is COc1ccc(S(=O)(=O)NCCCn2c(C)nc3ccccc32)cc1. The number of fused-ring (bicyclic) bond motifs is 1. The predicted octanol–water partition coefficient (Wildman–Crippen LogP) is 2.72. The summed E-state index contributed by atoms with van der Waals surface area (Å²) in [5, 5.41) is 0. The van der Waals surface area contributed by atoms with Crippen molar-refractivity contribution in [1.82, 2.24) is 14.3 Å². The lowest BCUT2D eigenvalue weighted by Gasteiger charge is -2.09. The van der Waals surface area contributed by atoms with Gasteiger partial charge in [0.15, 0.2) is 0 Å². The van der Waals surface area contributed by atoms with Crippen molar-refractivity contribution in [2.45, 2.75) is 24.8 Å². The van der Waals surface area contributed by atoms with E-state index in [2.05, 4.69) is 14.3 Å². The second kappa shape index (κ2) is 7.25. The summed E-state index contributed by atoms with van der Waals surface area (Å²) in [5.74, 6) is 1.56. The molecule has 0 unspecified atom stereocenters. The minimum Gasteiger partial charge on any atom is -0.497 e. The summed E-state index contributed by atoms with van der Waals surface area (Å²) in [4.78, 5) is 4.75. The first-order valence-electron chi connectivity index (χ1n) is 8.07. The van der Waals surface area contributed by atoms with Crippen molar-refractivity contribution < 1.29 is 13.2 Å². The molecule has 0 bridgehead atoms. The van der Waals surface area contributed by atoms with E-state index in [9.17, 15) is 8.42 Å². The lowest BCUT2D eigenvalue weighted by molar-refractivity contribution is 0.414. The average Bonchev–Trinajstić information content (AvgIpc) is 2.94. The highest BCUT2D eigenvalue weighted by molar-refractivity contribution is 7.89. The molecule has 132 valence electrons. The Kier molecular flexibility index (Phi) is 5.06. The van der Waals surface area contributed by atoms with E-state index in [0.717, 1.165) is 16.9 Å². The lowest BCUT2D eigenvalue weighted by Crippen LogP contribution is -2.25. The Hall–Kier alpha value is -2.38. The normalized spacial score (nSPS) is 11.8. The van der Waals surface area contributed by atoms with Crippen LogP contribution in [0.4, 0.5) is 0 Å². The Morgan fingerprint density at radius 2 is 1.84 bits per heavy atom. The quantitative estimate of drug-likeness (QED) is 0.658. The van der Waals surface area contributed by atoms with Crippen LogP contribution in [0.5, 0.6) is 5.75 Å². The number of para-hydroxylation sites is 2. The molecule has 25 heavy (non-hydrogen) atoms. The van der Waals surface area contributed by atoms with E-state index in [0.29, 0.717) is 25.3 Å². The zero-order valence-corrected chi connectivity index (χ0v) is 15.1. The zero-order valence-electron chi connectivity index (χ0n) is 14.3. The summed E-state index contributed by atoms with van der Waals surface area (Å²) >= 11 is 0. The van der Waals surface area contributed by atoms with Gasteiger partial charge in [-0.1, -0.05) is 12.1 Å². The molecule has 2 aromatic carbocycles. The molecule has 0 fully saturated rings. The van der Waals surface area contributed by atoms with Gasteiger partial charge in [0.2, 0.25) is 10.0 Å². The molecule has 0 amide bonds. The summed E-state index contributed by atoms with van der Waals surface area (Å²) < 4.78 is 34.4. The van der Waals surface area contributed by atoms with Crippen molar-refractivity contribution in [3.05, 3.63) is 54.4 Å². The highest BCUT2D eigenvalue weighted by Gasteiger charge is 2.13. The molecular weight excluding hydrogens is 338 g/mol. The number of methoxy groups -OCH3 is 1. The third-order valence-electron chi connectivity index (χ3n) is 4.07. The highest BCUT2D eigenvalue weighted by atomic mass is 32.2. The standard InChI is InChI=1S/C18H21N3O3S/c1-14-20-17-6-3-4-7-18(17)21(14)13-5-12-19-25(22,23)16-10-8-15(24-2)9-11-16/h3-4,6-11,19H,5,12-13H2,1-2H3. The van der Waals surface area contributed by atoms with E-state index in [1.807, 2.05) is 31.2 Å². The number of hydrogen-bond donors (Lipinski definition) is 1. The molecule has 0 radical (unpaired) electrons. The summed E-state index contributed by atoms with van der Waals surface area (Å²) in [5.41, 5.74) is 2.02. The van der Waals surface area contributed by atoms with Gasteiger partial charge in [-0.2, -0.15) is 0 Å².